The Kier molecular flexibility index (Phi) is 5.46. The number of aromatic nitrogens is 1. The third-order valence-corrected chi connectivity index (χ3v) is 3.28. The Bertz CT molecular complexity index is 560. The number of rotatable bonds is 6. The molecule has 0 aromatic carbocycles. The molecule has 114 valence electrons. The highest BCUT2D eigenvalue weighted by Crippen LogP contribution is 2.30. The molecule has 0 aliphatic carbocycles. The number of carbonyl (C=O) groups is 1. The van der Waals surface area contributed by atoms with Crippen molar-refractivity contribution in [3.63, 3.8) is 0 Å². The van der Waals surface area contributed by atoms with Crippen molar-refractivity contribution >= 4 is 17.9 Å². The van der Waals surface area contributed by atoms with Gasteiger partial charge in [0.2, 0.25) is 5.88 Å². The summed E-state index contributed by atoms with van der Waals surface area (Å²) in [7, 11) is 1.50. The SMILES string of the molecule is CCC(C)(C)C(O)=C(C=Nc1ccc(OC)nc1)C(=O)O. The fourth-order valence-electron chi connectivity index (χ4n) is 1.46. The predicted molar refractivity (Wildman–Crippen MR) is 80.3 cm³/mol. The maximum Gasteiger partial charge on any atom is 0.340 e. The lowest BCUT2D eigenvalue weighted by Gasteiger charge is -2.22. The lowest BCUT2D eigenvalue weighted by atomic mass is 9.85. The van der Waals surface area contributed by atoms with Crippen LogP contribution in [0.15, 0.2) is 34.7 Å². The van der Waals surface area contributed by atoms with Gasteiger partial charge in [-0.25, -0.2) is 9.78 Å². The Morgan fingerprint density at radius 3 is 2.52 bits per heavy atom. The number of nitrogens with zero attached hydrogens (tertiary/aromatic N) is 2. The van der Waals surface area contributed by atoms with Crippen LogP contribution in [0.2, 0.25) is 0 Å². The van der Waals surface area contributed by atoms with E-state index in [1.807, 2.05) is 6.92 Å². The van der Waals surface area contributed by atoms with Gasteiger partial charge >= 0.3 is 5.97 Å². The summed E-state index contributed by atoms with van der Waals surface area (Å²) in [5.41, 5.74) is -0.382. The Balaban J connectivity index is 3.11. The van der Waals surface area contributed by atoms with Crippen molar-refractivity contribution in [1.82, 2.24) is 4.98 Å². The molecule has 0 saturated carbocycles. The average Bonchev–Trinajstić information content (AvgIpc) is 2.47. The highest BCUT2D eigenvalue weighted by Gasteiger charge is 2.26. The first-order valence-corrected chi connectivity index (χ1v) is 6.53. The van der Waals surface area contributed by atoms with Crippen LogP contribution in [0.3, 0.4) is 0 Å². The van der Waals surface area contributed by atoms with E-state index in [2.05, 4.69) is 9.98 Å². The quantitative estimate of drug-likeness (QED) is 0.477. The van der Waals surface area contributed by atoms with Crippen LogP contribution in [0.4, 0.5) is 5.69 Å². The number of aliphatic imine (C=N–C) groups is 1. The van der Waals surface area contributed by atoms with Crippen molar-refractivity contribution < 1.29 is 19.7 Å². The second kappa shape index (κ2) is 6.88. The molecule has 21 heavy (non-hydrogen) atoms. The van der Waals surface area contributed by atoms with Crippen LogP contribution in [0.5, 0.6) is 5.88 Å². The molecule has 1 aromatic rings. The highest BCUT2D eigenvalue weighted by atomic mass is 16.5. The number of methoxy groups -OCH3 is 1. The summed E-state index contributed by atoms with van der Waals surface area (Å²) in [5, 5.41) is 19.4. The van der Waals surface area contributed by atoms with Gasteiger partial charge in [0.15, 0.2) is 0 Å². The topological polar surface area (TPSA) is 92.0 Å². The number of aliphatic carboxylic acids is 1. The summed E-state index contributed by atoms with van der Waals surface area (Å²) in [5.74, 6) is -0.972. The van der Waals surface area contributed by atoms with Crippen molar-refractivity contribution in [3.05, 3.63) is 29.7 Å². The summed E-state index contributed by atoms with van der Waals surface area (Å²) < 4.78 is 4.92. The molecule has 0 unspecified atom stereocenters. The summed E-state index contributed by atoms with van der Waals surface area (Å²) in [6.45, 7) is 5.42. The first-order chi connectivity index (χ1) is 9.81. The number of aliphatic hydroxyl groups excluding tert-OH is 1. The zero-order valence-electron chi connectivity index (χ0n) is 12.6. The van der Waals surface area contributed by atoms with Crippen LogP contribution >= 0.6 is 0 Å². The fraction of sp³-hybridized carbons (Fsp3) is 0.400. The fourth-order valence-corrected chi connectivity index (χ4v) is 1.46. The summed E-state index contributed by atoms with van der Waals surface area (Å²) >= 11 is 0. The summed E-state index contributed by atoms with van der Waals surface area (Å²) in [6, 6.07) is 3.26. The molecule has 0 fully saturated rings. The first kappa shape index (κ1) is 16.7. The number of carboxylic acids is 1. The zero-order chi connectivity index (χ0) is 16.0. The molecule has 0 saturated heterocycles. The number of hydrogen-bond donors (Lipinski definition) is 2. The molecule has 1 heterocycles. The lowest BCUT2D eigenvalue weighted by Crippen LogP contribution is -2.19. The van der Waals surface area contributed by atoms with E-state index < -0.39 is 11.4 Å². The van der Waals surface area contributed by atoms with E-state index in [1.165, 1.54) is 13.3 Å². The van der Waals surface area contributed by atoms with Crippen molar-refractivity contribution in [3.8, 4) is 5.88 Å². The number of aliphatic hydroxyl groups is 1. The monoisotopic (exact) mass is 292 g/mol. The van der Waals surface area contributed by atoms with Gasteiger partial charge in [0.1, 0.15) is 11.3 Å². The van der Waals surface area contributed by atoms with Crippen LogP contribution in [-0.4, -0.2) is 34.5 Å². The molecular formula is C15H20N2O4. The lowest BCUT2D eigenvalue weighted by molar-refractivity contribution is -0.132. The molecule has 1 rings (SSSR count). The predicted octanol–water partition coefficient (Wildman–Crippen LogP) is 3.13. The van der Waals surface area contributed by atoms with E-state index in [4.69, 9.17) is 4.74 Å². The zero-order valence-corrected chi connectivity index (χ0v) is 12.6. The number of ether oxygens (including phenoxy) is 1. The van der Waals surface area contributed by atoms with Gasteiger partial charge in [-0.15, -0.1) is 0 Å². The minimum atomic E-state index is -1.22. The molecule has 6 nitrogen and oxygen atoms in total. The molecule has 0 aliphatic rings. The van der Waals surface area contributed by atoms with Crippen molar-refractivity contribution in [1.29, 1.82) is 0 Å². The standard InChI is InChI=1S/C15H20N2O4/c1-5-15(2,3)13(18)11(14(19)20)9-16-10-6-7-12(21-4)17-8-10/h6-9,18H,5H2,1-4H3,(H,19,20). The molecule has 0 amide bonds. The first-order valence-electron chi connectivity index (χ1n) is 6.53. The van der Waals surface area contributed by atoms with E-state index in [0.29, 0.717) is 18.0 Å². The molecule has 0 aliphatic heterocycles. The van der Waals surface area contributed by atoms with E-state index >= 15 is 0 Å². The average molecular weight is 292 g/mol. The van der Waals surface area contributed by atoms with Crippen molar-refractivity contribution in [2.75, 3.05) is 7.11 Å². The van der Waals surface area contributed by atoms with Gasteiger partial charge < -0.3 is 14.9 Å². The molecule has 0 spiro atoms. The Labute approximate surface area is 123 Å². The van der Waals surface area contributed by atoms with Crippen LogP contribution in [0, 0.1) is 5.41 Å². The van der Waals surface area contributed by atoms with Crippen LogP contribution in [-0.2, 0) is 4.79 Å². The molecule has 1 aromatic heterocycles. The largest absolute Gasteiger partial charge is 0.511 e. The molecular weight excluding hydrogens is 272 g/mol. The minimum Gasteiger partial charge on any atom is -0.511 e. The second-order valence-corrected chi connectivity index (χ2v) is 5.12. The van der Waals surface area contributed by atoms with E-state index in [0.717, 1.165) is 6.21 Å². The smallest absolute Gasteiger partial charge is 0.340 e. The van der Waals surface area contributed by atoms with Gasteiger partial charge in [-0.1, -0.05) is 20.8 Å². The number of allylic oxidation sites excluding steroid dienone is 1. The van der Waals surface area contributed by atoms with Gasteiger partial charge in [0.25, 0.3) is 0 Å². The summed E-state index contributed by atoms with van der Waals surface area (Å²) in [4.78, 5) is 19.3. The minimum absolute atomic E-state index is 0.192. The van der Waals surface area contributed by atoms with E-state index in [9.17, 15) is 15.0 Å². The van der Waals surface area contributed by atoms with E-state index in [-0.39, 0.29) is 11.3 Å². The Morgan fingerprint density at radius 1 is 1.43 bits per heavy atom. The van der Waals surface area contributed by atoms with Crippen molar-refractivity contribution in [2.24, 2.45) is 10.4 Å². The van der Waals surface area contributed by atoms with Gasteiger partial charge in [0.05, 0.1) is 19.0 Å². The van der Waals surface area contributed by atoms with Gasteiger partial charge in [-0.05, 0) is 12.5 Å². The van der Waals surface area contributed by atoms with Gasteiger partial charge in [0, 0.05) is 17.7 Å². The Hall–Kier alpha value is -2.37. The second-order valence-electron chi connectivity index (χ2n) is 5.12. The highest BCUT2D eigenvalue weighted by molar-refractivity contribution is 6.09. The molecule has 2 N–H and O–H groups in total. The normalized spacial score (nSPS) is 13.1. The maximum atomic E-state index is 11.3. The third kappa shape index (κ3) is 4.30. The Morgan fingerprint density at radius 2 is 2.10 bits per heavy atom. The van der Waals surface area contributed by atoms with Crippen LogP contribution in [0.1, 0.15) is 27.2 Å². The molecule has 0 atom stereocenters. The number of pyridine rings is 1. The van der Waals surface area contributed by atoms with Crippen LogP contribution < -0.4 is 4.74 Å². The maximum absolute atomic E-state index is 11.3. The van der Waals surface area contributed by atoms with Gasteiger partial charge in [-0.2, -0.15) is 0 Å². The van der Waals surface area contributed by atoms with Crippen LogP contribution in [0.25, 0.3) is 0 Å². The molecule has 0 radical (unpaired) electrons. The number of carboxylic acid groups (broad SMARTS) is 1. The summed E-state index contributed by atoms with van der Waals surface area (Å²) in [6.07, 6.45) is 3.20. The molecule has 0 bridgehead atoms. The number of hydrogen-bond acceptors (Lipinski definition) is 5. The van der Waals surface area contributed by atoms with Gasteiger partial charge in [-0.3, -0.25) is 4.99 Å². The van der Waals surface area contributed by atoms with E-state index in [1.54, 1.807) is 26.0 Å². The molecule has 6 heteroatoms. The van der Waals surface area contributed by atoms with Crippen molar-refractivity contribution in [2.45, 2.75) is 27.2 Å². The third-order valence-electron chi connectivity index (χ3n) is 3.28.